The number of aromatic nitrogens is 2. The Morgan fingerprint density at radius 2 is 1.85 bits per heavy atom. The van der Waals surface area contributed by atoms with Crippen molar-refractivity contribution in [3.8, 4) is 5.75 Å². The van der Waals surface area contributed by atoms with Crippen LogP contribution in [0.2, 0.25) is 0 Å². The van der Waals surface area contributed by atoms with Crippen molar-refractivity contribution in [3.63, 3.8) is 0 Å². The molecular weight excluding hydrogens is 352 g/mol. The Hall–Kier alpha value is -3.22. The molecule has 0 saturated carbocycles. The number of nitrogens with one attached hydrogen (secondary N) is 1. The van der Waals surface area contributed by atoms with Crippen LogP contribution in [-0.4, -0.2) is 22.3 Å². The molecule has 0 radical (unpaired) electrons. The molecule has 0 saturated heterocycles. The Labute approximate surface area is 155 Å². The summed E-state index contributed by atoms with van der Waals surface area (Å²) in [6.45, 7) is 2.19. The molecule has 2 aromatic carbocycles. The van der Waals surface area contributed by atoms with E-state index in [4.69, 9.17) is 4.74 Å². The molecule has 1 heterocycles. The number of benzene rings is 2. The molecule has 5 nitrogen and oxygen atoms in total. The van der Waals surface area contributed by atoms with E-state index in [0.717, 1.165) is 24.1 Å². The van der Waals surface area contributed by atoms with Crippen LogP contribution in [0, 0.1) is 11.6 Å². The average molecular weight is 371 g/mol. The Morgan fingerprint density at radius 3 is 2.56 bits per heavy atom. The Kier molecular flexibility index (Phi) is 5.80. The lowest BCUT2D eigenvalue weighted by Gasteiger charge is -2.11. The highest BCUT2D eigenvalue weighted by Crippen LogP contribution is 2.17. The minimum absolute atomic E-state index is 0.184. The van der Waals surface area contributed by atoms with Gasteiger partial charge in [0.1, 0.15) is 11.6 Å². The Bertz CT molecular complexity index is 923. The van der Waals surface area contributed by atoms with Gasteiger partial charge in [0.2, 0.25) is 0 Å². The maximum absolute atomic E-state index is 13.5. The molecule has 140 valence electrons. The van der Waals surface area contributed by atoms with Crippen molar-refractivity contribution in [3.05, 3.63) is 77.5 Å². The summed E-state index contributed by atoms with van der Waals surface area (Å²) < 4.78 is 33.2. The van der Waals surface area contributed by atoms with Crippen molar-refractivity contribution in [2.24, 2.45) is 0 Å². The van der Waals surface area contributed by atoms with E-state index in [0.29, 0.717) is 18.4 Å². The summed E-state index contributed by atoms with van der Waals surface area (Å²) in [5, 5.41) is 6.88. The van der Waals surface area contributed by atoms with Gasteiger partial charge in [-0.05, 0) is 29.7 Å². The van der Waals surface area contributed by atoms with Gasteiger partial charge in [-0.1, -0.05) is 31.2 Å². The maximum Gasteiger partial charge on any atom is 0.263 e. The van der Waals surface area contributed by atoms with Gasteiger partial charge in [0.25, 0.3) is 5.91 Å². The number of carbonyl (C=O) groups is 1. The van der Waals surface area contributed by atoms with Crippen molar-refractivity contribution < 1.29 is 18.3 Å². The van der Waals surface area contributed by atoms with E-state index in [1.165, 1.54) is 5.56 Å². The number of anilines is 1. The summed E-state index contributed by atoms with van der Waals surface area (Å²) in [4.78, 5) is 12.1. The topological polar surface area (TPSA) is 56.2 Å². The standard InChI is InChI=1S/C20H19F2N3O2/c1-2-14-3-5-15(6-4-14)12-25-19(9-10-23-25)24-20(26)13-27-18-8-7-16(21)11-17(18)22/h3-11H,2,12-13H2,1H3,(H,24,26). The van der Waals surface area contributed by atoms with E-state index in [9.17, 15) is 13.6 Å². The van der Waals surface area contributed by atoms with Crippen LogP contribution in [0.1, 0.15) is 18.1 Å². The first-order valence-corrected chi connectivity index (χ1v) is 8.52. The van der Waals surface area contributed by atoms with Gasteiger partial charge in [0, 0.05) is 12.1 Å². The number of hydrogen-bond donors (Lipinski definition) is 1. The van der Waals surface area contributed by atoms with Gasteiger partial charge < -0.3 is 10.1 Å². The zero-order valence-corrected chi connectivity index (χ0v) is 14.8. The van der Waals surface area contributed by atoms with Gasteiger partial charge in [-0.3, -0.25) is 4.79 Å². The Balaban J connectivity index is 1.59. The summed E-state index contributed by atoms with van der Waals surface area (Å²) in [6.07, 6.45) is 2.55. The predicted octanol–water partition coefficient (Wildman–Crippen LogP) is 3.79. The SMILES string of the molecule is CCc1ccc(Cn2nccc2NC(=O)COc2ccc(F)cc2F)cc1. The molecule has 0 atom stereocenters. The number of ether oxygens (including phenoxy) is 1. The molecule has 3 aromatic rings. The maximum atomic E-state index is 13.5. The molecule has 7 heteroatoms. The van der Waals surface area contributed by atoms with Crippen LogP contribution < -0.4 is 10.1 Å². The lowest BCUT2D eigenvalue weighted by atomic mass is 10.1. The molecule has 0 bridgehead atoms. The van der Waals surface area contributed by atoms with Crippen molar-refractivity contribution >= 4 is 11.7 Å². The molecule has 0 fully saturated rings. The smallest absolute Gasteiger partial charge is 0.263 e. The molecule has 0 spiro atoms. The number of nitrogens with zero attached hydrogens (tertiary/aromatic N) is 2. The second-order valence-corrected chi connectivity index (χ2v) is 5.96. The predicted molar refractivity (Wildman–Crippen MR) is 97.6 cm³/mol. The first-order chi connectivity index (χ1) is 13.0. The van der Waals surface area contributed by atoms with Crippen LogP contribution in [-0.2, 0) is 17.8 Å². The largest absolute Gasteiger partial charge is 0.481 e. The summed E-state index contributed by atoms with van der Waals surface area (Å²) >= 11 is 0. The second-order valence-electron chi connectivity index (χ2n) is 5.96. The van der Waals surface area contributed by atoms with Gasteiger partial charge in [-0.15, -0.1) is 0 Å². The summed E-state index contributed by atoms with van der Waals surface area (Å²) in [6, 6.07) is 12.7. The van der Waals surface area contributed by atoms with Gasteiger partial charge in [0.15, 0.2) is 18.2 Å². The number of aryl methyl sites for hydroxylation is 1. The van der Waals surface area contributed by atoms with Crippen LogP contribution in [0.15, 0.2) is 54.7 Å². The summed E-state index contributed by atoms with van der Waals surface area (Å²) in [5.74, 6) is -1.72. The molecule has 1 N–H and O–H groups in total. The molecule has 0 aliphatic carbocycles. The van der Waals surface area contributed by atoms with E-state index < -0.39 is 24.1 Å². The third-order valence-electron chi connectivity index (χ3n) is 4.00. The minimum Gasteiger partial charge on any atom is -0.481 e. The molecule has 1 aromatic heterocycles. The van der Waals surface area contributed by atoms with Crippen molar-refractivity contribution in [1.29, 1.82) is 0 Å². The third-order valence-corrected chi connectivity index (χ3v) is 4.00. The van der Waals surface area contributed by atoms with Crippen LogP contribution in [0.25, 0.3) is 0 Å². The highest BCUT2D eigenvalue weighted by Gasteiger charge is 2.11. The highest BCUT2D eigenvalue weighted by atomic mass is 19.1. The fourth-order valence-electron chi connectivity index (χ4n) is 2.53. The van der Waals surface area contributed by atoms with Gasteiger partial charge in [-0.25, -0.2) is 13.5 Å². The quantitative estimate of drug-likeness (QED) is 0.688. The number of carbonyl (C=O) groups excluding carboxylic acids is 1. The first kappa shape index (κ1) is 18.6. The molecular formula is C20H19F2N3O2. The molecule has 0 aliphatic rings. The number of amides is 1. The molecule has 27 heavy (non-hydrogen) atoms. The first-order valence-electron chi connectivity index (χ1n) is 8.52. The van der Waals surface area contributed by atoms with Crippen molar-refractivity contribution in [1.82, 2.24) is 9.78 Å². The van der Waals surface area contributed by atoms with Crippen LogP contribution in [0.3, 0.4) is 0 Å². The normalized spacial score (nSPS) is 10.6. The van der Waals surface area contributed by atoms with Crippen molar-refractivity contribution in [2.45, 2.75) is 19.9 Å². The third kappa shape index (κ3) is 4.91. The van der Waals surface area contributed by atoms with Crippen molar-refractivity contribution in [2.75, 3.05) is 11.9 Å². The van der Waals surface area contributed by atoms with E-state index in [1.54, 1.807) is 16.9 Å². The molecule has 3 rings (SSSR count). The molecule has 1 amide bonds. The van der Waals surface area contributed by atoms with Crippen LogP contribution in [0.4, 0.5) is 14.6 Å². The van der Waals surface area contributed by atoms with Gasteiger partial charge in [-0.2, -0.15) is 5.10 Å². The lowest BCUT2D eigenvalue weighted by molar-refractivity contribution is -0.118. The monoisotopic (exact) mass is 371 g/mol. The van der Waals surface area contributed by atoms with E-state index in [1.807, 2.05) is 12.1 Å². The lowest BCUT2D eigenvalue weighted by Crippen LogP contribution is -2.22. The highest BCUT2D eigenvalue weighted by molar-refractivity contribution is 5.91. The van der Waals surface area contributed by atoms with E-state index in [-0.39, 0.29) is 5.75 Å². The summed E-state index contributed by atoms with van der Waals surface area (Å²) in [5.41, 5.74) is 2.30. The average Bonchev–Trinajstić information content (AvgIpc) is 3.08. The van der Waals surface area contributed by atoms with Crippen LogP contribution in [0.5, 0.6) is 5.75 Å². The fraction of sp³-hybridized carbons (Fsp3) is 0.200. The minimum atomic E-state index is -0.858. The van der Waals surface area contributed by atoms with E-state index >= 15 is 0 Å². The summed E-state index contributed by atoms with van der Waals surface area (Å²) in [7, 11) is 0. The Morgan fingerprint density at radius 1 is 1.11 bits per heavy atom. The molecule has 0 aliphatic heterocycles. The number of rotatable bonds is 7. The van der Waals surface area contributed by atoms with Crippen LogP contribution >= 0.6 is 0 Å². The second kappa shape index (κ2) is 8.44. The zero-order valence-electron chi connectivity index (χ0n) is 14.8. The zero-order chi connectivity index (χ0) is 19.2. The fourth-order valence-corrected chi connectivity index (χ4v) is 2.53. The molecule has 0 unspecified atom stereocenters. The van der Waals surface area contributed by atoms with Gasteiger partial charge >= 0.3 is 0 Å². The van der Waals surface area contributed by atoms with Gasteiger partial charge in [0.05, 0.1) is 12.7 Å². The number of halogens is 2. The number of hydrogen-bond acceptors (Lipinski definition) is 3. The van der Waals surface area contributed by atoms with E-state index in [2.05, 4.69) is 29.5 Å².